The van der Waals surface area contributed by atoms with E-state index in [1.807, 2.05) is 6.07 Å². The summed E-state index contributed by atoms with van der Waals surface area (Å²) in [7, 11) is 0. The van der Waals surface area contributed by atoms with E-state index in [1.165, 1.54) is 15.8 Å². The van der Waals surface area contributed by atoms with Gasteiger partial charge in [-0.1, -0.05) is 66.6 Å². The molecular formula is C27H23F3. The lowest BCUT2D eigenvalue weighted by Gasteiger charge is -2.26. The Morgan fingerprint density at radius 1 is 0.900 bits per heavy atom. The maximum absolute atomic E-state index is 12.8. The second-order valence-corrected chi connectivity index (χ2v) is 8.29. The summed E-state index contributed by atoms with van der Waals surface area (Å²) in [6, 6.07) is 16.0. The van der Waals surface area contributed by atoms with Crippen LogP contribution in [0.4, 0.5) is 13.2 Å². The Bertz CT molecular complexity index is 1270. The molecule has 1 atom stereocenters. The lowest BCUT2D eigenvalue weighted by atomic mass is 9.78. The van der Waals surface area contributed by atoms with Gasteiger partial charge < -0.3 is 0 Å². The molecule has 3 aromatic carbocycles. The number of halogens is 3. The van der Waals surface area contributed by atoms with Gasteiger partial charge in [0.05, 0.1) is 5.56 Å². The van der Waals surface area contributed by atoms with Crippen molar-refractivity contribution < 1.29 is 13.2 Å². The smallest absolute Gasteiger partial charge is 0.166 e. The van der Waals surface area contributed by atoms with Crippen LogP contribution in [0.15, 0.2) is 66.2 Å². The van der Waals surface area contributed by atoms with Gasteiger partial charge in [-0.15, -0.1) is 0 Å². The molecule has 3 aromatic rings. The van der Waals surface area contributed by atoms with Crippen molar-refractivity contribution in [2.24, 2.45) is 5.92 Å². The molecule has 30 heavy (non-hydrogen) atoms. The van der Waals surface area contributed by atoms with E-state index in [-0.39, 0.29) is 0 Å². The van der Waals surface area contributed by atoms with Crippen LogP contribution >= 0.6 is 0 Å². The van der Waals surface area contributed by atoms with Gasteiger partial charge in [0, 0.05) is 5.92 Å². The van der Waals surface area contributed by atoms with Crippen LogP contribution in [0.3, 0.4) is 0 Å². The number of benzene rings is 3. The number of hydrogen-bond donors (Lipinski definition) is 0. The summed E-state index contributed by atoms with van der Waals surface area (Å²) < 4.78 is 38.5. The Hall–Kier alpha value is -2.81. The summed E-state index contributed by atoms with van der Waals surface area (Å²) in [5.41, 5.74) is 4.24. The fourth-order valence-corrected chi connectivity index (χ4v) is 4.92. The van der Waals surface area contributed by atoms with E-state index in [2.05, 4.69) is 43.3 Å². The number of fused-ring (bicyclic) bond motifs is 4. The highest BCUT2D eigenvalue weighted by Gasteiger charge is 2.30. The third kappa shape index (κ3) is 3.27. The molecule has 0 fully saturated rings. The van der Waals surface area contributed by atoms with E-state index < -0.39 is 11.7 Å². The average molecular weight is 404 g/mol. The zero-order chi connectivity index (χ0) is 20.9. The van der Waals surface area contributed by atoms with Crippen LogP contribution < -0.4 is 10.4 Å². The molecule has 3 heteroatoms. The first-order valence-corrected chi connectivity index (χ1v) is 10.6. The van der Waals surface area contributed by atoms with E-state index in [4.69, 9.17) is 0 Å². The predicted molar refractivity (Wildman–Crippen MR) is 117 cm³/mol. The second-order valence-electron chi connectivity index (χ2n) is 8.29. The van der Waals surface area contributed by atoms with Crippen molar-refractivity contribution in [3.05, 3.63) is 82.2 Å². The van der Waals surface area contributed by atoms with Gasteiger partial charge in [-0.25, -0.2) is 0 Å². The predicted octanol–water partition coefficient (Wildman–Crippen LogP) is 6.61. The average Bonchev–Trinajstić information content (AvgIpc) is 2.77. The molecule has 0 aromatic heterocycles. The zero-order valence-electron chi connectivity index (χ0n) is 16.9. The molecular weight excluding hydrogens is 381 g/mol. The van der Waals surface area contributed by atoms with Crippen LogP contribution in [0.1, 0.15) is 38.2 Å². The van der Waals surface area contributed by atoms with E-state index in [1.54, 1.807) is 23.3 Å². The first-order chi connectivity index (χ1) is 14.4. The van der Waals surface area contributed by atoms with Gasteiger partial charge >= 0.3 is 6.18 Å². The molecule has 0 radical (unpaired) electrons. The van der Waals surface area contributed by atoms with E-state index in [0.29, 0.717) is 5.92 Å². The Labute approximate surface area is 174 Å². The lowest BCUT2D eigenvalue weighted by Crippen LogP contribution is -2.34. The molecule has 5 rings (SSSR count). The Kier molecular flexibility index (Phi) is 4.57. The van der Waals surface area contributed by atoms with Crippen molar-refractivity contribution in [3.8, 4) is 11.1 Å². The Morgan fingerprint density at radius 2 is 1.67 bits per heavy atom. The fourth-order valence-electron chi connectivity index (χ4n) is 4.92. The Balaban J connectivity index is 1.58. The lowest BCUT2D eigenvalue weighted by molar-refractivity contribution is -0.137. The summed E-state index contributed by atoms with van der Waals surface area (Å²) in [5, 5.41) is 5.03. The third-order valence-corrected chi connectivity index (χ3v) is 6.58. The summed E-state index contributed by atoms with van der Waals surface area (Å²) in [4.78, 5) is 0. The van der Waals surface area contributed by atoms with E-state index in [0.717, 1.165) is 54.3 Å². The molecule has 2 aliphatic carbocycles. The first kappa shape index (κ1) is 19.2. The van der Waals surface area contributed by atoms with Gasteiger partial charge in [0.2, 0.25) is 0 Å². The third-order valence-electron chi connectivity index (χ3n) is 6.58. The summed E-state index contributed by atoms with van der Waals surface area (Å²) in [6.45, 7) is 2.24. The SMILES string of the molecule is CCC1=CC2CC=c3c(ccc4cc(-c5ccc(C(F)(F)F)cc5)ccc34)=C2CC1. The molecule has 1 unspecified atom stereocenters. The maximum atomic E-state index is 12.8. The van der Waals surface area contributed by atoms with Crippen molar-refractivity contribution in [1.82, 2.24) is 0 Å². The molecule has 0 bridgehead atoms. The standard InChI is InChI=1S/C27H23F3/c1-2-17-3-11-23-20(15-17)7-13-26-24-12-6-19(16-21(24)8-14-25(23)26)18-4-9-22(10-5-18)27(28,29)30/h4-6,8-10,12-16,20H,2-3,7,11H2,1H3. The van der Waals surface area contributed by atoms with Gasteiger partial charge in [-0.05, 0) is 76.2 Å². The maximum Gasteiger partial charge on any atom is 0.416 e. The van der Waals surface area contributed by atoms with Crippen LogP contribution in [0.5, 0.6) is 0 Å². The first-order valence-electron chi connectivity index (χ1n) is 10.6. The van der Waals surface area contributed by atoms with Crippen molar-refractivity contribution >= 4 is 22.4 Å². The van der Waals surface area contributed by atoms with Gasteiger partial charge in [-0.3, -0.25) is 0 Å². The number of hydrogen-bond acceptors (Lipinski definition) is 0. The van der Waals surface area contributed by atoms with E-state index in [9.17, 15) is 13.2 Å². The summed E-state index contributed by atoms with van der Waals surface area (Å²) in [5.74, 6) is 0.532. The van der Waals surface area contributed by atoms with Crippen molar-refractivity contribution in [2.45, 2.75) is 38.8 Å². The van der Waals surface area contributed by atoms with Crippen LogP contribution in [-0.2, 0) is 6.18 Å². The molecule has 0 N–H and O–H groups in total. The number of alkyl halides is 3. The molecule has 0 saturated carbocycles. The minimum atomic E-state index is -4.31. The molecule has 0 nitrogen and oxygen atoms in total. The van der Waals surface area contributed by atoms with Crippen molar-refractivity contribution in [1.29, 1.82) is 0 Å². The number of rotatable bonds is 2. The van der Waals surface area contributed by atoms with Gasteiger partial charge in [0.15, 0.2) is 0 Å². The quantitative estimate of drug-likeness (QED) is 0.422. The van der Waals surface area contributed by atoms with Crippen LogP contribution in [0, 0.1) is 5.92 Å². The number of allylic oxidation sites excluding steroid dienone is 2. The molecule has 0 spiro atoms. The highest BCUT2D eigenvalue weighted by atomic mass is 19.4. The highest BCUT2D eigenvalue weighted by Crippen LogP contribution is 2.34. The highest BCUT2D eigenvalue weighted by molar-refractivity contribution is 5.89. The minimum absolute atomic E-state index is 0.532. The van der Waals surface area contributed by atoms with E-state index >= 15 is 0 Å². The largest absolute Gasteiger partial charge is 0.416 e. The van der Waals surface area contributed by atoms with Gasteiger partial charge in [0.25, 0.3) is 0 Å². The van der Waals surface area contributed by atoms with Crippen LogP contribution in [0.25, 0.3) is 33.5 Å². The topological polar surface area (TPSA) is 0 Å². The van der Waals surface area contributed by atoms with Crippen LogP contribution in [-0.4, -0.2) is 0 Å². The monoisotopic (exact) mass is 404 g/mol. The molecule has 0 saturated heterocycles. The Morgan fingerprint density at radius 3 is 2.40 bits per heavy atom. The molecule has 0 amide bonds. The van der Waals surface area contributed by atoms with Crippen molar-refractivity contribution in [2.75, 3.05) is 0 Å². The van der Waals surface area contributed by atoms with Gasteiger partial charge in [0.1, 0.15) is 0 Å². The van der Waals surface area contributed by atoms with Crippen molar-refractivity contribution in [3.63, 3.8) is 0 Å². The molecule has 0 heterocycles. The molecule has 0 aliphatic heterocycles. The second kappa shape index (κ2) is 7.16. The zero-order valence-corrected chi connectivity index (χ0v) is 16.9. The fraction of sp³-hybridized carbons (Fsp3) is 0.259. The van der Waals surface area contributed by atoms with Gasteiger partial charge in [-0.2, -0.15) is 13.2 Å². The summed E-state index contributed by atoms with van der Waals surface area (Å²) >= 11 is 0. The van der Waals surface area contributed by atoms with Crippen LogP contribution in [0.2, 0.25) is 0 Å². The molecule has 152 valence electrons. The minimum Gasteiger partial charge on any atom is -0.166 e. The summed E-state index contributed by atoms with van der Waals surface area (Å²) in [6.07, 6.45) is 5.01. The molecule has 2 aliphatic rings. The normalized spacial score (nSPS) is 18.5.